The van der Waals surface area contributed by atoms with E-state index in [1.165, 1.54) is 19.3 Å². The number of non-ortho nitro benzene ring substituents is 1. The van der Waals surface area contributed by atoms with Crippen LogP contribution < -0.4 is 5.32 Å². The van der Waals surface area contributed by atoms with Gasteiger partial charge < -0.3 is 5.32 Å². The zero-order valence-corrected chi connectivity index (χ0v) is 14.4. The lowest BCUT2D eigenvalue weighted by atomic mass is 9.68. The van der Waals surface area contributed by atoms with Crippen LogP contribution in [0.5, 0.6) is 0 Å². The first-order chi connectivity index (χ1) is 12.1. The summed E-state index contributed by atoms with van der Waals surface area (Å²) in [5.74, 6) is 2.18. The normalized spacial score (nSPS) is 32.0. The van der Waals surface area contributed by atoms with E-state index in [4.69, 9.17) is 11.6 Å². The molecule has 5 heteroatoms. The second-order valence-corrected chi connectivity index (χ2v) is 8.02. The quantitative estimate of drug-likeness (QED) is 0.568. The van der Waals surface area contributed by atoms with Crippen LogP contribution in [0.4, 0.5) is 11.4 Å². The standard InChI is InChI=1S/C20H19ClN2O2/c21-16-4-2-1-3-14(16)20-19-12-6-5-11(9-12)18(19)15-10-13(23(24)25)7-8-17(15)22-20/h1-4,7-8,10-12,18-20,22H,5-6,9H2/t11-,12-,18+,19-,20+/m0/s1. The monoisotopic (exact) mass is 354 g/mol. The molecule has 1 N–H and O–H groups in total. The van der Waals surface area contributed by atoms with Crippen molar-refractivity contribution in [2.75, 3.05) is 5.32 Å². The smallest absolute Gasteiger partial charge is 0.269 e. The molecule has 2 saturated carbocycles. The summed E-state index contributed by atoms with van der Waals surface area (Å²) in [5, 5.41) is 15.7. The SMILES string of the molecule is O=[N+]([O-])c1ccc2c(c1)[C@H]1[C@H]3CC[C@@H](C3)[C@@H]1[C@@H](c1ccccc1Cl)N2. The first-order valence-electron chi connectivity index (χ1n) is 8.93. The molecule has 1 heterocycles. The molecule has 128 valence electrons. The molecule has 3 aliphatic rings. The summed E-state index contributed by atoms with van der Waals surface area (Å²) in [5.41, 5.74) is 3.51. The van der Waals surface area contributed by atoms with Crippen LogP contribution in [0.15, 0.2) is 42.5 Å². The Bertz CT molecular complexity index is 869. The van der Waals surface area contributed by atoms with Crippen molar-refractivity contribution in [3.05, 3.63) is 68.7 Å². The highest BCUT2D eigenvalue weighted by Crippen LogP contribution is 2.64. The number of nitrogens with zero attached hydrogens (tertiary/aromatic N) is 1. The molecule has 0 saturated heterocycles. The van der Waals surface area contributed by atoms with Gasteiger partial charge in [-0.15, -0.1) is 0 Å². The van der Waals surface area contributed by atoms with Gasteiger partial charge in [0.2, 0.25) is 0 Å². The Morgan fingerprint density at radius 2 is 1.88 bits per heavy atom. The maximum Gasteiger partial charge on any atom is 0.269 e. The first-order valence-corrected chi connectivity index (χ1v) is 9.30. The molecule has 25 heavy (non-hydrogen) atoms. The maximum atomic E-state index is 11.2. The number of hydrogen-bond acceptors (Lipinski definition) is 3. The molecule has 0 unspecified atom stereocenters. The molecule has 0 spiro atoms. The highest BCUT2D eigenvalue weighted by Gasteiger charge is 2.54. The van der Waals surface area contributed by atoms with Crippen LogP contribution in [0.1, 0.15) is 42.3 Å². The van der Waals surface area contributed by atoms with E-state index >= 15 is 0 Å². The van der Waals surface area contributed by atoms with Gasteiger partial charge in [-0.1, -0.05) is 29.8 Å². The molecule has 2 fully saturated rings. The molecule has 0 aromatic heterocycles. The van der Waals surface area contributed by atoms with Crippen molar-refractivity contribution in [1.82, 2.24) is 0 Å². The van der Waals surface area contributed by atoms with Gasteiger partial charge in [0.05, 0.1) is 11.0 Å². The summed E-state index contributed by atoms with van der Waals surface area (Å²) >= 11 is 6.51. The lowest BCUT2D eigenvalue weighted by Crippen LogP contribution is -2.35. The molecule has 1 aliphatic heterocycles. The Morgan fingerprint density at radius 1 is 1.08 bits per heavy atom. The Hall–Kier alpha value is -2.07. The Labute approximate surface area is 151 Å². The number of nitrogens with one attached hydrogen (secondary N) is 1. The summed E-state index contributed by atoms with van der Waals surface area (Å²) < 4.78 is 0. The molecular weight excluding hydrogens is 336 g/mol. The molecule has 5 atom stereocenters. The third-order valence-corrected chi connectivity index (χ3v) is 6.87. The number of nitro groups is 1. The van der Waals surface area contributed by atoms with Gasteiger partial charge in [-0.3, -0.25) is 10.1 Å². The average molecular weight is 355 g/mol. The lowest BCUT2D eigenvalue weighted by Gasteiger charge is -2.43. The number of halogens is 1. The Balaban J connectivity index is 1.65. The van der Waals surface area contributed by atoms with E-state index in [0.717, 1.165) is 21.8 Å². The first kappa shape index (κ1) is 15.2. The number of nitro benzene ring substituents is 1. The van der Waals surface area contributed by atoms with E-state index in [-0.39, 0.29) is 16.7 Å². The van der Waals surface area contributed by atoms with Crippen molar-refractivity contribution in [2.24, 2.45) is 17.8 Å². The molecule has 2 aromatic carbocycles. The van der Waals surface area contributed by atoms with E-state index in [9.17, 15) is 10.1 Å². The fourth-order valence-electron chi connectivity index (χ4n) is 5.62. The minimum atomic E-state index is -0.289. The molecule has 0 amide bonds. The van der Waals surface area contributed by atoms with Gasteiger partial charge in [-0.05, 0) is 66.2 Å². The molecule has 0 radical (unpaired) electrons. The van der Waals surface area contributed by atoms with Crippen LogP contribution in [-0.4, -0.2) is 4.92 Å². The van der Waals surface area contributed by atoms with E-state index in [1.807, 2.05) is 24.3 Å². The predicted octanol–water partition coefficient (Wildman–Crippen LogP) is 5.54. The summed E-state index contributed by atoms with van der Waals surface area (Å²) in [6, 6.07) is 13.5. The molecule has 2 bridgehead atoms. The predicted molar refractivity (Wildman–Crippen MR) is 98.0 cm³/mol. The van der Waals surface area contributed by atoms with Crippen molar-refractivity contribution >= 4 is 23.0 Å². The molecule has 4 nitrogen and oxygen atoms in total. The minimum absolute atomic E-state index is 0.183. The summed E-state index contributed by atoms with van der Waals surface area (Å²) in [7, 11) is 0. The van der Waals surface area contributed by atoms with Crippen LogP contribution in [0.3, 0.4) is 0 Å². The highest BCUT2D eigenvalue weighted by atomic mass is 35.5. The average Bonchev–Trinajstić information content (AvgIpc) is 3.23. The van der Waals surface area contributed by atoms with Crippen molar-refractivity contribution in [3.8, 4) is 0 Å². The van der Waals surface area contributed by atoms with Gasteiger partial charge in [0.25, 0.3) is 5.69 Å². The van der Waals surface area contributed by atoms with Crippen LogP contribution in [-0.2, 0) is 0 Å². The third kappa shape index (κ3) is 2.20. The van der Waals surface area contributed by atoms with E-state index < -0.39 is 0 Å². The summed E-state index contributed by atoms with van der Waals surface area (Å²) in [4.78, 5) is 10.9. The van der Waals surface area contributed by atoms with Gasteiger partial charge in [0, 0.05) is 22.8 Å². The molecular formula is C20H19ClN2O2. The van der Waals surface area contributed by atoms with Crippen LogP contribution in [0.2, 0.25) is 5.02 Å². The molecule has 2 aromatic rings. The van der Waals surface area contributed by atoms with Crippen LogP contribution >= 0.6 is 11.6 Å². The van der Waals surface area contributed by atoms with Gasteiger partial charge >= 0.3 is 0 Å². The van der Waals surface area contributed by atoms with Gasteiger partial charge in [-0.25, -0.2) is 0 Å². The van der Waals surface area contributed by atoms with Gasteiger partial charge in [0.1, 0.15) is 0 Å². The van der Waals surface area contributed by atoms with Gasteiger partial charge in [-0.2, -0.15) is 0 Å². The zero-order chi connectivity index (χ0) is 17.1. The number of benzene rings is 2. The minimum Gasteiger partial charge on any atom is -0.378 e. The summed E-state index contributed by atoms with van der Waals surface area (Å²) in [6.07, 6.45) is 3.74. The number of rotatable bonds is 2. The number of hydrogen-bond donors (Lipinski definition) is 1. The van der Waals surface area contributed by atoms with Crippen LogP contribution in [0.25, 0.3) is 0 Å². The third-order valence-electron chi connectivity index (χ3n) is 6.52. The zero-order valence-electron chi connectivity index (χ0n) is 13.7. The summed E-state index contributed by atoms with van der Waals surface area (Å²) in [6.45, 7) is 0. The molecule has 2 aliphatic carbocycles. The largest absolute Gasteiger partial charge is 0.378 e. The topological polar surface area (TPSA) is 55.2 Å². The van der Waals surface area contributed by atoms with E-state index in [1.54, 1.807) is 12.1 Å². The van der Waals surface area contributed by atoms with Gasteiger partial charge in [0.15, 0.2) is 0 Å². The second kappa shape index (κ2) is 5.46. The fourth-order valence-corrected chi connectivity index (χ4v) is 5.88. The van der Waals surface area contributed by atoms with Crippen LogP contribution in [0, 0.1) is 27.9 Å². The number of anilines is 1. The van der Waals surface area contributed by atoms with Crippen molar-refractivity contribution < 1.29 is 4.92 Å². The molecule has 5 rings (SSSR count). The van der Waals surface area contributed by atoms with Crippen molar-refractivity contribution in [2.45, 2.75) is 31.2 Å². The highest BCUT2D eigenvalue weighted by molar-refractivity contribution is 6.31. The van der Waals surface area contributed by atoms with Crippen molar-refractivity contribution in [1.29, 1.82) is 0 Å². The van der Waals surface area contributed by atoms with E-state index in [0.29, 0.717) is 23.7 Å². The Kier molecular flexibility index (Phi) is 3.32. The van der Waals surface area contributed by atoms with E-state index in [2.05, 4.69) is 11.4 Å². The van der Waals surface area contributed by atoms with Crippen molar-refractivity contribution in [3.63, 3.8) is 0 Å². The lowest BCUT2D eigenvalue weighted by molar-refractivity contribution is -0.384. The fraction of sp³-hybridized carbons (Fsp3) is 0.400. The maximum absolute atomic E-state index is 11.2. The second-order valence-electron chi connectivity index (χ2n) is 7.61. The number of fused-ring (bicyclic) bond motifs is 7. The Morgan fingerprint density at radius 3 is 2.68 bits per heavy atom.